The maximum absolute atomic E-state index is 5.40. The topological polar surface area (TPSA) is 58.1 Å². The molecule has 7 heteroatoms. The van der Waals surface area contributed by atoms with Crippen molar-refractivity contribution in [3.63, 3.8) is 0 Å². The SMILES string of the molecule is CCNC(=NCC(c1cccs1)N1CCCC1)Nc1ccc(OC)c(OC)c1. The van der Waals surface area contributed by atoms with Gasteiger partial charge in [-0.25, -0.2) is 0 Å². The van der Waals surface area contributed by atoms with Crippen LogP contribution in [0.15, 0.2) is 40.7 Å². The molecule has 1 aromatic carbocycles. The van der Waals surface area contributed by atoms with Gasteiger partial charge in [-0.05, 0) is 56.4 Å². The Morgan fingerprint density at radius 1 is 1.18 bits per heavy atom. The Kier molecular flexibility index (Phi) is 7.56. The molecule has 0 radical (unpaired) electrons. The average Bonchev–Trinajstić information content (AvgIpc) is 3.43. The number of hydrogen-bond donors (Lipinski definition) is 2. The van der Waals surface area contributed by atoms with E-state index in [1.807, 2.05) is 29.5 Å². The van der Waals surface area contributed by atoms with E-state index in [9.17, 15) is 0 Å². The highest BCUT2D eigenvalue weighted by molar-refractivity contribution is 7.10. The minimum Gasteiger partial charge on any atom is -0.493 e. The lowest BCUT2D eigenvalue weighted by molar-refractivity contribution is 0.255. The van der Waals surface area contributed by atoms with E-state index in [2.05, 4.69) is 40.0 Å². The molecular formula is C21H30N4O2S. The number of likely N-dealkylation sites (tertiary alicyclic amines) is 1. The Bertz CT molecular complexity index is 758. The molecule has 6 nitrogen and oxygen atoms in total. The van der Waals surface area contributed by atoms with Crippen molar-refractivity contribution in [3.05, 3.63) is 40.6 Å². The predicted molar refractivity (Wildman–Crippen MR) is 117 cm³/mol. The zero-order chi connectivity index (χ0) is 19.8. The van der Waals surface area contributed by atoms with Gasteiger partial charge in [0.1, 0.15) is 0 Å². The third kappa shape index (κ3) is 5.17. The van der Waals surface area contributed by atoms with E-state index in [0.29, 0.717) is 17.5 Å². The minimum absolute atomic E-state index is 0.336. The zero-order valence-corrected chi connectivity index (χ0v) is 17.7. The van der Waals surface area contributed by atoms with Gasteiger partial charge in [-0.1, -0.05) is 6.07 Å². The summed E-state index contributed by atoms with van der Waals surface area (Å²) < 4.78 is 10.7. The molecule has 2 N–H and O–H groups in total. The fourth-order valence-electron chi connectivity index (χ4n) is 3.46. The number of methoxy groups -OCH3 is 2. The number of benzene rings is 1. The summed E-state index contributed by atoms with van der Waals surface area (Å²) in [6.07, 6.45) is 2.55. The van der Waals surface area contributed by atoms with Crippen molar-refractivity contribution < 1.29 is 9.47 Å². The van der Waals surface area contributed by atoms with Crippen LogP contribution in [0.25, 0.3) is 0 Å². The maximum Gasteiger partial charge on any atom is 0.195 e. The van der Waals surface area contributed by atoms with Crippen molar-refractivity contribution in [1.82, 2.24) is 10.2 Å². The molecule has 0 saturated carbocycles. The van der Waals surface area contributed by atoms with E-state index in [1.165, 1.54) is 17.7 Å². The van der Waals surface area contributed by atoms with Gasteiger partial charge in [-0.3, -0.25) is 9.89 Å². The minimum atomic E-state index is 0.336. The van der Waals surface area contributed by atoms with E-state index in [1.54, 1.807) is 14.2 Å². The standard InChI is InChI=1S/C21H30N4O2S/c1-4-22-21(24-16-9-10-18(26-2)19(14-16)27-3)23-15-17(20-8-7-13-28-20)25-11-5-6-12-25/h7-10,13-14,17H,4-6,11-12,15H2,1-3H3,(H2,22,23,24). The smallest absolute Gasteiger partial charge is 0.195 e. The van der Waals surface area contributed by atoms with Gasteiger partial charge in [-0.2, -0.15) is 0 Å². The van der Waals surface area contributed by atoms with Crippen LogP contribution in [-0.4, -0.2) is 51.3 Å². The summed E-state index contributed by atoms with van der Waals surface area (Å²) in [7, 11) is 3.28. The maximum atomic E-state index is 5.40. The van der Waals surface area contributed by atoms with Gasteiger partial charge in [0.2, 0.25) is 0 Å². The molecule has 1 aromatic heterocycles. The van der Waals surface area contributed by atoms with Gasteiger partial charge in [0.25, 0.3) is 0 Å². The van der Waals surface area contributed by atoms with Gasteiger partial charge in [0.15, 0.2) is 17.5 Å². The quantitative estimate of drug-likeness (QED) is 0.517. The fraction of sp³-hybridized carbons (Fsp3) is 0.476. The molecule has 1 unspecified atom stereocenters. The van der Waals surface area contributed by atoms with Gasteiger partial charge < -0.3 is 20.1 Å². The molecule has 2 aromatic rings. The van der Waals surface area contributed by atoms with Gasteiger partial charge in [0, 0.05) is 23.2 Å². The highest BCUT2D eigenvalue weighted by Gasteiger charge is 2.24. The average molecular weight is 403 g/mol. The first-order valence-electron chi connectivity index (χ1n) is 9.80. The molecule has 1 saturated heterocycles. The van der Waals surface area contributed by atoms with E-state index >= 15 is 0 Å². The lowest BCUT2D eigenvalue weighted by atomic mass is 10.2. The number of nitrogens with one attached hydrogen (secondary N) is 2. The van der Waals surface area contributed by atoms with Crippen molar-refractivity contribution in [2.75, 3.05) is 45.7 Å². The highest BCUT2D eigenvalue weighted by Crippen LogP contribution is 2.30. The predicted octanol–water partition coefficient (Wildman–Crippen LogP) is 3.98. The second-order valence-corrected chi connectivity index (χ2v) is 7.67. The first-order valence-corrected chi connectivity index (χ1v) is 10.7. The van der Waals surface area contributed by atoms with Crippen LogP contribution in [0, 0.1) is 0 Å². The number of hydrogen-bond acceptors (Lipinski definition) is 5. The van der Waals surface area contributed by atoms with Crippen molar-refractivity contribution in [1.29, 1.82) is 0 Å². The number of aliphatic imine (C=N–C) groups is 1. The Morgan fingerprint density at radius 2 is 1.96 bits per heavy atom. The molecule has 0 spiro atoms. The summed E-state index contributed by atoms with van der Waals surface area (Å²) in [5.41, 5.74) is 0.909. The number of rotatable bonds is 8. The zero-order valence-electron chi connectivity index (χ0n) is 16.9. The largest absolute Gasteiger partial charge is 0.493 e. The van der Waals surface area contributed by atoms with Gasteiger partial charge in [0.05, 0.1) is 26.8 Å². The molecule has 1 fully saturated rings. The van der Waals surface area contributed by atoms with Crippen LogP contribution < -0.4 is 20.1 Å². The summed E-state index contributed by atoms with van der Waals surface area (Å²) in [5.74, 6) is 2.18. The molecular weight excluding hydrogens is 372 g/mol. The van der Waals surface area contributed by atoms with E-state index in [0.717, 1.165) is 37.8 Å². The van der Waals surface area contributed by atoms with Crippen LogP contribution in [-0.2, 0) is 0 Å². The Labute approximate surface area is 171 Å². The van der Waals surface area contributed by atoms with Crippen LogP contribution in [0.4, 0.5) is 5.69 Å². The Balaban J connectivity index is 1.75. The van der Waals surface area contributed by atoms with Crippen LogP contribution in [0.1, 0.15) is 30.7 Å². The first kappa shape index (κ1) is 20.5. The number of ether oxygens (including phenoxy) is 2. The van der Waals surface area contributed by atoms with Crippen molar-refractivity contribution in [2.45, 2.75) is 25.8 Å². The monoisotopic (exact) mass is 402 g/mol. The van der Waals surface area contributed by atoms with Crippen LogP contribution in [0.5, 0.6) is 11.5 Å². The number of thiophene rings is 1. The third-order valence-corrected chi connectivity index (χ3v) is 5.84. The number of guanidine groups is 1. The highest BCUT2D eigenvalue weighted by atomic mass is 32.1. The lowest BCUT2D eigenvalue weighted by Gasteiger charge is -2.25. The second-order valence-electron chi connectivity index (χ2n) is 6.69. The fourth-order valence-corrected chi connectivity index (χ4v) is 4.31. The third-order valence-electron chi connectivity index (χ3n) is 4.87. The molecule has 1 aliphatic heterocycles. The van der Waals surface area contributed by atoms with Crippen molar-refractivity contribution in [2.24, 2.45) is 4.99 Å². The Hall–Kier alpha value is -2.25. The molecule has 0 aliphatic carbocycles. The molecule has 152 valence electrons. The van der Waals surface area contributed by atoms with Crippen molar-refractivity contribution >= 4 is 23.0 Å². The van der Waals surface area contributed by atoms with Gasteiger partial charge >= 0.3 is 0 Å². The van der Waals surface area contributed by atoms with Gasteiger partial charge in [-0.15, -0.1) is 11.3 Å². The van der Waals surface area contributed by atoms with E-state index in [-0.39, 0.29) is 0 Å². The van der Waals surface area contributed by atoms with E-state index in [4.69, 9.17) is 14.5 Å². The molecule has 0 bridgehead atoms. The summed E-state index contributed by atoms with van der Waals surface area (Å²) in [6.45, 7) is 5.90. The first-order chi connectivity index (χ1) is 13.7. The van der Waals surface area contributed by atoms with Crippen LogP contribution in [0.2, 0.25) is 0 Å². The summed E-state index contributed by atoms with van der Waals surface area (Å²) in [6, 6.07) is 10.5. The summed E-state index contributed by atoms with van der Waals surface area (Å²) >= 11 is 1.81. The molecule has 1 atom stereocenters. The van der Waals surface area contributed by atoms with E-state index < -0.39 is 0 Å². The second kappa shape index (κ2) is 10.3. The normalized spacial score (nSPS) is 16.0. The summed E-state index contributed by atoms with van der Waals surface area (Å²) in [5, 5.41) is 8.87. The lowest BCUT2D eigenvalue weighted by Crippen LogP contribution is -2.33. The molecule has 1 aliphatic rings. The number of nitrogens with zero attached hydrogens (tertiary/aromatic N) is 2. The van der Waals surface area contributed by atoms with Crippen LogP contribution in [0.3, 0.4) is 0 Å². The molecule has 3 rings (SSSR count). The number of anilines is 1. The summed E-state index contributed by atoms with van der Waals surface area (Å²) in [4.78, 5) is 8.83. The van der Waals surface area contributed by atoms with Crippen LogP contribution >= 0.6 is 11.3 Å². The molecule has 28 heavy (non-hydrogen) atoms. The molecule has 2 heterocycles. The molecule has 0 amide bonds. The van der Waals surface area contributed by atoms with Crippen molar-refractivity contribution in [3.8, 4) is 11.5 Å². The Morgan fingerprint density at radius 3 is 2.61 bits per heavy atom.